The lowest BCUT2D eigenvalue weighted by Crippen LogP contribution is -1.95. The molecule has 0 spiro atoms. The number of ether oxygens (including phenoxy) is 2. The van der Waals surface area contributed by atoms with Crippen LogP contribution in [0.1, 0.15) is 11.3 Å². The maximum atomic E-state index is 9.27. The number of hydrogen-bond donors (Lipinski definition) is 1. The monoisotopic (exact) mass is 310 g/mol. The third kappa shape index (κ3) is 3.29. The maximum Gasteiger partial charge on any atom is 0.220 e. The van der Waals surface area contributed by atoms with Gasteiger partial charge in [0.2, 0.25) is 5.88 Å². The molecule has 1 N–H and O–H groups in total. The minimum absolute atomic E-state index is 0.211. The Labute approximate surface area is 134 Å². The molecule has 0 saturated carbocycles. The number of phenols is 1. The predicted octanol–water partition coefficient (Wildman–Crippen LogP) is 4.33. The summed E-state index contributed by atoms with van der Waals surface area (Å²) >= 11 is 0. The quantitative estimate of drug-likeness (QED) is 0.779. The van der Waals surface area contributed by atoms with Gasteiger partial charge in [-0.25, -0.2) is 4.68 Å². The van der Waals surface area contributed by atoms with E-state index in [1.165, 1.54) is 0 Å². The van der Waals surface area contributed by atoms with Gasteiger partial charge in [0, 0.05) is 12.6 Å². The number of nitrogens with zero attached hydrogens (tertiary/aromatic N) is 2. The van der Waals surface area contributed by atoms with Gasteiger partial charge >= 0.3 is 0 Å². The van der Waals surface area contributed by atoms with Gasteiger partial charge in [-0.1, -0.05) is 0 Å². The van der Waals surface area contributed by atoms with Crippen LogP contribution >= 0.6 is 0 Å². The molecule has 1 aromatic heterocycles. The van der Waals surface area contributed by atoms with Crippen molar-refractivity contribution in [2.75, 3.05) is 0 Å². The van der Waals surface area contributed by atoms with Gasteiger partial charge in [0.1, 0.15) is 23.0 Å². The van der Waals surface area contributed by atoms with Gasteiger partial charge in [0.05, 0.1) is 5.69 Å². The van der Waals surface area contributed by atoms with Crippen LogP contribution in [0.5, 0.6) is 28.9 Å². The zero-order valence-corrected chi connectivity index (χ0v) is 13.3. The van der Waals surface area contributed by atoms with Crippen LogP contribution in [0.2, 0.25) is 0 Å². The highest BCUT2D eigenvalue weighted by molar-refractivity contribution is 5.39. The summed E-state index contributed by atoms with van der Waals surface area (Å²) in [5.74, 6) is 3.02. The molecular formula is C18H18N2O3. The molecule has 5 nitrogen and oxygen atoms in total. The zero-order valence-electron chi connectivity index (χ0n) is 13.3. The molecule has 0 atom stereocenters. The lowest BCUT2D eigenvalue weighted by atomic mass is 10.3. The molecule has 0 radical (unpaired) electrons. The first-order valence-electron chi connectivity index (χ1n) is 7.28. The molecule has 0 unspecified atom stereocenters. The van der Waals surface area contributed by atoms with E-state index < -0.39 is 0 Å². The summed E-state index contributed by atoms with van der Waals surface area (Å²) in [5.41, 5.74) is 1.98. The molecule has 3 rings (SSSR count). The number of benzene rings is 2. The Morgan fingerprint density at radius 1 is 0.826 bits per heavy atom. The number of phenolic OH excluding ortho intramolecular Hbond substituents is 1. The molecule has 0 saturated heterocycles. The summed E-state index contributed by atoms with van der Waals surface area (Å²) < 4.78 is 13.3. The van der Waals surface area contributed by atoms with Gasteiger partial charge in [0.15, 0.2) is 0 Å². The topological polar surface area (TPSA) is 56.5 Å². The lowest BCUT2D eigenvalue weighted by molar-refractivity contribution is 0.425. The highest BCUT2D eigenvalue weighted by Crippen LogP contribution is 2.29. The summed E-state index contributed by atoms with van der Waals surface area (Å²) in [7, 11) is 1.86. The van der Waals surface area contributed by atoms with Crippen LogP contribution in [0, 0.1) is 13.8 Å². The van der Waals surface area contributed by atoms with Crippen molar-refractivity contribution in [2.24, 2.45) is 7.05 Å². The zero-order chi connectivity index (χ0) is 16.4. The highest BCUT2D eigenvalue weighted by atomic mass is 16.5. The van der Waals surface area contributed by atoms with E-state index in [1.807, 2.05) is 45.2 Å². The Morgan fingerprint density at radius 2 is 1.30 bits per heavy atom. The SMILES string of the molecule is Cc1nn(C)c(Oc2ccc(Oc3ccc(O)cc3)cc2)c1C. The maximum absolute atomic E-state index is 9.27. The second-order valence-corrected chi connectivity index (χ2v) is 5.31. The second kappa shape index (κ2) is 6.04. The Morgan fingerprint density at radius 3 is 1.78 bits per heavy atom. The molecule has 0 aliphatic heterocycles. The molecule has 2 aromatic carbocycles. The summed E-state index contributed by atoms with van der Waals surface area (Å²) in [6.45, 7) is 3.94. The Hall–Kier alpha value is -2.95. The summed E-state index contributed by atoms with van der Waals surface area (Å²) in [4.78, 5) is 0. The molecule has 23 heavy (non-hydrogen) atoms. The Bertz CT molecular complexity index is 806. The first kappa shape index (κ1) is 15.0. The van der Waals surface area contributed by atoms with Crippen molar-refractivity contribution >= 4 is 0 Å². The van der Waals surface area contributed by atoms with Gasteiger partial charge in [-0.15, -0.1) is 0 Å². The van der Waals surface area contributed by atoms with Gasteiger partial charge in [-0.2, -0.15) is 5.10 Å². The summed E-state index contributed by atoms with van der Waals surface area (Å²) in [6.07, 6.45) is 0. The third-order valence-corrected chi connectivity index (χ3v) is 3.57. The van der Waals surface area contributed by atoms with E-state index in [-0.39, 0.29) is 5.75 Å². The Kier molecular flexibility index (Phi) is 3.93. The summed E-state index contributed by atoms with van der Waals surface area (Å²) in [6, 6.07) is 13.9. The van der Waals surface area contributed by atoms with Crippen molar-refractivity contribution in [1.29, 1.82) is 0 Å². The minimum atomic E-state index is 0.211. The number of aromatic hydroxyl groups is 1. The fraction of sp³-hybridized carbons (Fsp3) is 0.167. The molecule has 118 valence electrons. The van der Waals surface area contributed by atoms with E-state index in [9.17, 15) is 5.11 Å². The van der Waals surface area contributed by atoms with Crippen LogP contribution in [0.4, 0.5) is 0 Å². The van der Waals surface area contributed by atoms with Crippen molar-refractivity contribution in [1.82, 2.24) is 9.78 Å². The van der Waals surface area contributed by atoms with Gasteiger partial charge < -0.3 is 14.6 Å². The number of aromatic nitrogens is 2. The van der Waals surface area contributed by atoms with Crippen LogP contribution < -0.4 is 9.47 Å². The predicted molar refractivity (Wildman–Crippen MR) is 87.4 cm³/mol. The van der Waals surface area contributed by atoms with Gasteiger partial charge in [0.25, 0.3) is 0 Å². The molecule has 3 aromatic rings. The largest absolute Gasteiger partial charge is 0.508 e. The molecule has 0 aliphatic carbocycles. The molecule has 1 heterocycles. The smallest absolute Gasteiger partial charge is 0.220 e. The van der Waals surface area contributed by atoms with Crippen LogP contribution in [0.15, 0.2) is 48.5 Å². The standard InChI is InChI=1S/C18H18N2O3/c1-12-13(2)19-20(3)18(12)23-17-10-8-16(9-11-17)22-15-6-4-14(21)5-7-15/h4-11,21H,1-3H3. The van der Waals surface area contributed by atoms with Crippen LogP contribution in [0.3, 0.4) is 0 Å². The molecule has 0 aliphatic rings. The van der Waals surface area contributed by atoms with E-state index in [1.54, 1.807) is 28.9 Å². The van der Waals surface area contributed by atoms with Crippen molar-refractivity contribution < 1.29 is 14.6 Å². The van der Waals surface area contributed by atoms with Crippen LogP contribution in [-0.2, 0) is 7.05 Å². The van der Waals surface area contributed by atoms with Crippen LogP contribution in [-0.4, -0.2) is 14.9 Å². The van der Waals surface area contributed by atoms with Gasteiger partial charge in [-0.05, 0) is 62.4 Å². The van der Waals surface area contributed by atoms with Gasteiger partial charge in [-0.3, -0.25) is 0 Å². The van der Waals surface area contributed by atoms with Crippen molar-refractivity contribution in [3.8, 4) is 28.9 Å². The van der Waals surface area contributed by atoms with Crippen molar-refractivity contribution in [3.05, 3.63) is 59.8 Å². The van der Waals surface area contributed by atoms with E-state index in [4.69, 9.17) is 9.47 Å². The molecule has 0 bridgehead atoms. The highest BCUT2D eigenvalue weighted by Gasteiger charge is 2.11. The average molecular weight is 310 g/mol. The Balaban J connectivity index is 1.73. The molecular weight excluding hydrogens is 292 g/mol. The lowest BCUT2D eigenvalue weighted by Gasteiger charge is -2.09. The summed E-state index contributed by atoms with van der Waals surface area (Å²) in [5, 5.41) is 13.6. The molecule has 0 fully saturated rings. The van der Waals surface area contributed by atoms with Crippen molar-refractivity contribution in [3.63, 3.8) is 0 Å². The minimum Gasteiger partial charge on any atom is -0.508 e. The molecule has 0 amide bonds. The fourth-order valence-electron chi connectivity index (χ4n) is 2.22. The first-order valence-corrected chi connectivity index (χ1v) is 7.28. The first-order chi connectivity index (χ1) is 11.0. The van der Waals surface area contributed by atoms with Crippen LogP contribution in [0.25, 0.3) is 0 Å². The fourth-order valence-corrected chi connectivity index (χ4v) is 2.22. The second-order valence-electron chi connectivity index (χ2n) is 5.31. The average Bonchev–Trinajstić information content (AvgIpc) is 2.78. The number of rotatable bonds is 4. The van der Waals surface area contributed by atoms with E-state index in [0.717, 1.165) is 17.1 Å². The number of hydrogen-bond acceptors (Lipinski definition) is 4. The number of aryl methyl sites for hydroxylation is 2. The normalized spacial score (nSPS) is 10.6. The molecule has 5 heteroatoms. The van der Waals surface area contributed by atoms with E-state index in [2.05, 4.69) is 5.10 Å². The van der Waals surface area contributed by atoms with Crippen molar-refractivity contribution in [2.45, 2.75) is 13.8 Å². The van der Waals surface area contributed by atoms with E-state index >= 15 is 0 Å². The third-order valence-electron chi connectivity index (χ3n) is 3.57. The van der Waals surface area contributed by atoms with E-state index in [0.29, 0.717) is 17.2 Å².